The summed E-state index contributed by atoms with van der Waals surface area (Å²) in [5.41, 5.74) is 3.07. The van der Waals surface area contributed by atoms with Gasteiger partial charge in [0.2, 0.25) is 0 Å². The molecule has 2 fully saturated rings. The van der Waals surface area contributed by atoms with Crippen LogP contribution in [-0.4, -0.2) is 24.0 Å². The van der Waals surface area contributed by atoms with Crippen molar-refractivity contribution in [1.29, 1.82) is 0 Å². The molecule has 0 unspecified atom stereocenters. The number of nitrogens with zero attached hydrogens (tertiary/aromatic N) is 1. The van der Waals surface area contributed by atoms with Crippen LogP contribution in [-0.2, 0) is 0 Å². The maximum Gasteiger partial charge on any atom is 0.0171 e. The van der Waals surface area contributed by atoms with E-state index in [0.29, 0.717) is 0 Å². The van der Waals surface area contributed by atoms with Crippen LogP contribution in [0, 0.1) is 6.92 Å². The Morgan fingerprint density at radius 2 is 1.81 bits per heavy atom. The van der Waals surface area contributed by atoms with Gasteiger partial charge < -0.3 is 0 Å². The lowest BCUT2D eigenvalue weighted by Crippen LogP contribution is -2.32. The van der Waals surface area contributed by atoms with Crippen molar-refractivity contribution >= 4 is 0 Å². The van der Waals surface area contributed by atoms with Crippen molar-refractivity contribution in [2.45, 2.75) is 44.6 Å². The largest absolute Gasteiger partial charge is 0.300 e. The fraction of sp³-hybridized carbons (Fsp3) is 0.600. The van der Waals surface area contributed by atoms with Crippen LogP contribution in [0.4, 0.5) is 0 Å². The summed E-state index contributed by atoms with van der Waals surface area (Å²) in [7, 11) is 0. The van der Waals surface area contributed by atoms with Gasteiger partial charge in [0.15, 0.2) is 0 Å². The fourth-order valence-electron chi connectivity index (χ4n) is 3.17. The molecule has 0 radical (unpaired) electrons. The van der Waals surface area contributed by atoms with Crippen LogP contribution >= 0.6 is 0 Å². The third-order valence-electron chi connectivity index (χ3n) is 4.20. The summed E-state index contributed by atoms with van der Waals surface area (Å²) in [5, 5.41) is 0. The van der Waals surface area contributed by atoms with E-state index < -0.39 is 0 Å². The van der Waals surface area contributed by atoms with E-state index in [4.69, 9.17) is 0 Å². The van der Waals surface area contributed by atoms with Crippen LogP contribution in [0.1, 0.15) is 42.7 Å². The van der Waals surface area contributed by atoms with Gasteiger partial charge in [0, 0.05) is 12.0 Å². The van der Waals surface area contributed by atoms with E-state index in [0.717, 1.165) is 12.0 Å². The predicted octanol–water partition coefficient (Wildman–Crippen LogP) is 3.34. The van der Waals surface area contributed by atoms with Gasteiger partial charge in [-0.3, -0.25) is 4.90 Å². The van der Waals surface area contributed by atoms with Crippen LogP contribution in [0.2, 0.25) is 0 Å². The molecular weight excluding hydrogens is 194 g/mol. The molecule has 0 N–H and O–H groups in total. The van der Waals surface area contributed by atoms with Crippen molar-refractivity contribution in [3.05, 3.63) is 35.4 Å². The van der Waals surface area contributed by atoms with Crippen molar-refractivity contribution in [1.82, 2.24) is 4.90 Å². The maximum absolute atomic E-state index is 2.72. The summed E-state index contributed by atoms with van der Waals surface area (Å²) in [6, 6.07) is 9.78. The summed E-state index contributed by atoms with van der Waals surface area (Å²) in [6.45, 7) is 4.93. The quantitative estimate of drug-likeness (QED) is 0.731. The molecule has 0 amide bonds. The number of hydrogen-bond donors (Lipinski definition) is 0. The van der Waals surface area contributed by atoms with Crippen molar-refractivity contribution in [3.8, 4) is 0 Å². The highest BCUT2D eigenvalue weighted by Gasteiger charge is 2.43. The van der Waals surface area contributed by atoms with E-state index in [-0.39, 0.29) is 0 Å². The highest BCUT2D eigenvalue weighted by Crippen LogP contribution is 2.46. The third-order valence-corrected chi connectivity index (χ3v) is 4.20. The number of piperidine rings is 1. The van der Waals surface area contributed by atoms with Crippen LogP contribution in [0.15, 0.2) is 24.3 Å². The zero-order valence-corrected chi connectivity index (χ0v) is 10.2. The molecule has 1 heterocycles. The van der Waals surface area contributed by atoms with E-state index in [1.54, 1.807) is 5.56 Å². The first-order valence-corrected chi connectivity index (χ1v) is 6.66. The molecular formula is C15H21N. The zero-order valence-electron chi connectivity index (χ0n) is 10.2. The average molecular weight is 215 g/mol. The minimum atomic E-state index is 0.833. The number of aryl methyl sites for hydroxylation is 1. The SMILES string of the molecule is Cc1ccccc1[C@H]1C[C@@H]1N1CCCCC1. The molecule has 1 aliphatic heterocycles. The van der Waals surface area contributed by atoms with E-state index >= 15 is 0 Å². The second kappa shape index (κ2) is 4.21. The highest BCUT2D eigenvalue weighted by atomic mass is 15.2. The minimum Gasteiger partial charge on any atom is -0.300 e. The first-order chi connectivity index (χ1) is 7.86. The summed E-state index contributed by atoms with van der Waals surface area (Å²) in [5.74, 6) is 0.833. The standard InChI is InChI=1S/C15H21N/c1-12-7-3-4-8-13(12)14-11-15(14)16-9-5-2-6-10-16/h3-4,7-8,14-15H,2,5-6,9-11H2,1H3/t14-,15+/m1/s1. The Morgan fingerprint density at radius 3 is 2.56 bits per heavy atom. The van der Waals surface area contributed by atoms with Gasteiger partial charge in [-0.2, -0.15) is 0 Å². The van der Waals surface area contributed by atoms with Gasteiger partial charge in [-0.05, 0) is 50.4 Å². The lowest BCUT2D eigenvalue weighted by Gasteiger charge is -2.27. The zero-order chi connectivity index (χ0) is 11.0. The van der Waals surface area contributed by atoms with Gasteiger partial charge in [-0.25, -0.2) is 0 Å². The number of likely N-dealkylation sites (tertiary alicyclic amines) is 1. The van der Waals surface area contributed by atoms with Crippen LogP contribution in [0.25, 0.3) is 0 Å². The molecule has 0 spiro atoms. The maximum atomic E-state index is 2.72. The Balaban J connectivity index is 1.69. The van der Waals surface area contributed by atoms with Gasteiger partial charge in [0.25, 0.3) is 0 Å². The number of rotatable bonds is 2. The van der Waals surface area contributed by atoms with Gasteiger partial charge in [-0.15, -0.1) is 0 Å². The number of hydrogen-bond acceptors (Lipinski definition) is 1. The molecule has 1 saturated heterocycles. The Bertz CT molecular complexity index is 365. The molecule has 1 saturated carbocycles. The van der Waals surface area contributed by atoms with Gasteiger partial charge >= 0.3 is 0 Å². The summed E-state index contributed by atoms with van der Waals surface area (Å²) < 4.78 is 0. The molecule has 0 bridgehead atoms. The lowest BCUT2D eigenvalue weighted by molar-refractivity contribution is 0.216. The Kier molecular flexibility index (Phi) is 2.72. The highest BCUT2D eigenvalue weighted by molar-refractivity contribution is 5.35. The van der Waals surface area contributed by atoms with Gasteiger partial charge in [-0.1, -0.05) is 30.7 Å². The van der Waals surface area contributed by atoms with Crippen molar-refractivity contribution in [2.75, 3.05) is 13.1 Å². The normalized spacial score (nSPS) is 30.3. The molecule has 16 heavy (non-hydrogen) atoms. The van der Waals surface area contributed by atoms with E-state index in [9.17, 15) is 0 Å². The molecule has 1 nitrogen and oxygen atoms in total. The predicted molar refractivity (Wildman–Crippen MR) is 67.7 cm³/mol. The van der Waals surface area contributed by atoms with E-state index in [2.05, 4.69) is 36.1 Å². The van der Waals surface area contributed by atoms with Crippen LogP contribution in [0.5, 0.6) is 0 Å². The van der Waals surface area contributed by atoms with Gasteiger partial charge in [0.05, 0.1) is 0 Å². The molecule has 1 aliphatic carbocycles. The first kappa shape index (κ1) is 10.3. The summed E-state index contributed by atoms with van der Waals surface area (Å²) in [4.78, 5) is 2.72. The molecule has 0 aromatic heterocycles. The van der Waals surface area contributed by atoms with Crippen LogP contribution < -0.4 is 0 Å². The minimum absolute atomic E-state index is 0.833. The van der Waals surface area contributed by atoms with E-state index in [1.165, 1.54) is 44.3 Å². The van der Waals surface area contributed by atoms with Gasteiger partial charge in [0.1, 0.15) is 0 Å². The summed E-state index contributed by atoms with van der Waals surface area (Å²) in [6.07, 6.45) is 5.66. The molecule has 2 aliphatic rings. The van der Waals surface area contributed by atoms with Crippen molar-refractivity contribution in [3.63, 3.8) is 0 Å². The second-order valence-corrected chi connectivity index (χ2v) is 5.36. The average Bonchev–Trinajstić information content (AvgIpc) is 3.11. The van der Waals surface area contributed by atoms with E-state index in [1.807, 2.05) is 0 Å². The second-order valence-electron chi connectivity index (χ2n) is 5.36. The molecule has 2 atom stereocenters. The molecule has 1 aromatic rings. The van der Waals surface area contributed by atoms with Crippen LogP contribution in [0.3, 0.4) is 0 Å². The smallest absolute Gasteiger partial charge is 0.0171 e. The molecule has 1 aromatic carbocycles. The Labute approximate surface area is 98.5 Å². The molecule has 1 heteroatoms. The number of benzene rings is 1. The monoisotopic (exact) mass is 215 g/mol. The summed E-state index contributed by atoms with van der Waals surface area (Å²) >= 11 is 0. The first-order valence-electron chi connectivity index (χ1n) is 6.66. The third kappa shape index (κ3) is 1.89. The molecule has 86 valence electrons. The van der Waals surface area contributed by atoms with Crippen molar-refractivity contribution < 1.29 is 0 Å². The topological polar surface area (TPSA) is 3.24 Å². The lowest BCUT2D eigenvalue weighted by atomic mass is 10.0. The molecule has 3 rings (SSSR count). The van der Waals surface area contributed by atoms with Crippen molar-refractivity contribution in [2.24, 2.45) is 0 Å². The fourth-order valence-corrected chi connectivity index (χ4v) is 3.17. The Hall–Kier alpha value is -0.820. The Morgan fingerprint density at radius 1 is 1.06 bits per heavy atom.